The summed E-state index contributed by atoms with van der Waals surface area (Å²) in [4.78, 5) is 0. The summed E-state index contributed by atoms with van der Waals surface area (Å²) in [6.07, 6.45) is 16.8. The van der Waals surface area contributed by atoms with Gasteiger partial charge in [0.05, 0.1) is 0 Å². The Bertz CT molecular complexity index is 215. The first kappa shape index (κ1) is 18.4. The zero-order valence-corrected chi connectivity index (χ0v) is 12.2. The Hall–Kier alpha value is -0.960. The van der Waals surface area contributed by atoms with Gasteiger partial charge in [-0.25, -0.2) is 0 Å². The molecule has 0 aliphatic carbocycles. The fourth-order valence-corrected chi connectivity index (χ4v) is 1.64. The largest absolute Gasteiger partial charge is 0.115 e. The number of hydrogen-bond donors (Lipinski definition) is 0. The van der Waals surface area contributed by atoms with Gasteiger partial charge in [-0.2, -0.15) is 0 Å². The molecule has 0 aromatic heterocycles. The number of allylic oxidation sites excluding steroid dienone is 3. The third-order valence-corrected chi connectivity index (χ3v) is 2.59. The summed E-state index contributed by atoms with van der Waals surface area (Å²) >= 11 is 0. The molecule has 0 nitrogen and oxygen atoms in total. The molecule has 1 unspecified atom stereocenters. The summed E-state index contributed by atoms with van der Waals surface area (Å²) in [5, 5.41) is 0. The molecule has 0 aliphatic rings. The van der Waals surface area contributed by atoms with E-state index in [0.717, 1.165) is 11.8 Å². The van der Waals surface area contributed by atoms with E-state index in [-0.39, 0.29) is 0 Å². The van der Waals surface area contributed by atoms with Crippen LogP contribution in [0.5, 0.6) is 0 Å². The molecule has 0 heteroatoms. The van der Waals surface area contributed by atoms with Crippen LogP contribution in [0.1, 0.15) is 59.8 Å². The predicted molar refractivity (Wildman–Crippen MR) is 80.9 cm³/mol. The van der Waals surface area contributed by atoms with Gasteiger partial charge in [0, 0.05) is 0 Å². The van der Waals surface area contributed by atoms with Crippen LogP contribution in [0.15, 0.2) is 24.8 Å². The lowest BCUT2D eigenvalue weighted by atomic mass is 9.96. The van der Waals surface area contributed by atoms with Gasteiger partial charge in [0.25, 0.3) is 0 Å². The zero-order chi connectivity index (χ0) is 13.5. The van der Waals surface area contributed by atoms with Crippen LogP contribution in [-0.2, 0) is 0 Å². The minimum absolute atomic E-state index is 0.892. The first-order valence-electron chi connectivity index (χ1n) is 6.82. The van der Waals surface area contributed by atoms with E-state index in [4.69, 9.17) is 6.42 Å². The van der Waals surface area contributed by atoms with E-state index in [9.17, 15) is 0 Å². The van der Waals surface area contributed by atoms with Crippen LogP contribution < -0.4 is 0 Å². The van der Waals surface area contributed by atoms with Gasteiger partial charge < -0.3 is 0 Å². The third-order valence-electron chi connectivity index (χ3n) is 2.59. The monoisotopic (exact) mass is 234 g/mol. The van der Waals surface area contributed by atoms with Crippen molar-refractivity contribution in [2.45, 2.75) is 59.8 Å². The first-order chi connectivity index (χ1) is 8.08. The summed E-state index contributed by atoms with van der Waals surface area (Å²) < 4.78 is 0. The van der Waals surface area contributed by atoms with Gasteiger partial charge in [-0.15, -0.1) is 6.42 Å². The number of hydrogen-bond acceptors (Lipinski definition) is 0. The van der Waals surface area contributed by atoms with E-state index in [1.165, 1.54) is 32.1 Å². The molecule has 0 bridgehead atoms. The van der Waals surface area contributed by atoms with Crippen LogP contribution in [-0.4, -0.2) is 0 Å². The van der Waals surface area contributed by atoms with Crippen LogP contribution in [0.4, 0.5) is 0 Å². The molecule has 0 aromatic carbocycles. The lowest BCUT2D eigenvalue weighted by molar-refractivity contribution is 0.433. The standard InChI is InChI=1S/C11H24.C6H6/c1-5-7-11(4)9-6-8-10(2)3;1-3-5-6-4-2/h10-11H,5-9H2,1-4H3;1,4-6H,2H2/b;6-5+. The van der Waals surface area contributed by atoms with Gasteiger partial charge >= 0.3 is 0 Å². The van der Waals surface area contributed by atoms with Crippen molar-refractivity contribution in [1.29, 1.82) is 0 Å². The molecule has 0 amide bonds. The highest BCUT2D eigenvalue weighted by Crippen LogP contribution is 2.15. The minimum atomic E-state index is 0.892. The number of terminal acetylenes is 1. The first-order valence-corrected chi connectivity index (χ1v) is 6.82. The molecule has 0 saturated heterocycles. The molecule has 0 aromatic rings. The smallest absolute Gasteiger partial charge is 0.0122 e. The van der Waals surface area contributed by atoms with Gasteiger partial charge in [-0.1, -0.05) is 84.5 Å². The second-order valence-corrected chi connectivity index (χ2v) is 4.98. The number of rotatable bonds is 7. The van der Waals surface area contributed by atoms with E-state index in [1.54, 1.807) is 18.2 Å². The van der Waals surface area contributed by atoms with Crippen molar-refractivity contribution < 1.29 is 0 Å². The second kappa shape index (κ2) is 15.0. The van der Waals surface area contributed by atoms with Crippen molar-refractivity contribution in [1.82, 2.24) is 0 Å². The highest BCUT2D eigenvalue weighted by Gasteiger charge is 2.00. The van der Waals surface area contributed by atoms with E-state index < -0.39 is 0 Å². The quantitative estimate of drug-likeness (QED) is 0.397. The van der Waals surface area contributed by atoms with Crippen molar-refractivity contribution in [2.24, 2.45) is 11.8 Å². The van der Waals surface area contributed by atoms with Gasteiger partial charge in [-0.3, -0.25) is 0 Å². The second-order valence-electron chi connectivity index (χ2n) is 4.98. The third kappa shape index (κ3) is 21.0. The van der Waals surface area contributed by atoms with E-state index in [2.05, 4.69) is 40.2 Å². The van der Waals surface area contributed by atoms with Gasteiger partial charge in [0.15, 0.2) is 0 Å². The summed E-state index contributed by atoms with van der Waals surface area (Å²) in [6, 6.07) is 0. The Morgan fingerprint density at radius 3 is 2.18 bits per heavy atom. The molecular formula is C17H30. The Morgan fingerprint density at radius 2 is 1.82 bits per heavy atom. The summed E-state index contributed by atoms with van der Waals surface area (Å²) in [5.74, 6) is 4.17. The lowest BCUT2D eigenvalue weighted by Crippen LogP contribution is -1.95. The Labute approximate surface area is 109 Å². The maximum absolute atomic E-state index is 4.83. The van der Waals surface area contributed by atoms with Crippen LogP contribution in [0.3, 0.4) is 0 Å². The highest BCUT2D eigenvalue weighted by molar-refractivity contribution is 5.13. The fraction of sp³-hybridized carbons (Fsp3) is 0.647. The molecule has 0 radical (unpaired) electrons. The normalized spacial score (nSPS) is 11.8. The Balaban J connectivity index is 0. The minimum Gasteiger partial charge on any atom is -0.115 e. The molecule has 0 saturated carbocycles. The summed E-state index contributed by atoms with van der Waals surface area (Å²) in [7, 11) is 0. The van der Waals surface area contributed by atoms with Gasteiger partial charge in [0.2, 0.25) is 0 Å². The zero-order valence-electron chi connectivity index (χ0n) is 12.2. The maximum Gasteiger partial charge on any atom is -0.0122 e. The van der Waals surface area contributed by atoms with Crippen molar-refractivity contribution in [3.63, 3.8) is 0 Å². The highest BCUT2D eigenvalue weighted by atomic mass is 14.1. The van der Waals surface area contributed by atoms with Crippen molar-refractivity contribution in [3.8, 4) is 12.3 Å². The molecule has 0 aliphatic heterocycles. The molecule has 0 heterocycles. The van der Waals surface area contributed by atoms with E-state index in [1.807, 2.05) is 0 Å². The summed E-state index contributed by atoms with van der Waals surface area (Å²) in [6.45, 7) is 12.7. The molecular weight excluding hydrogens is 204 g/mol. The van der Waals surface area contributed by atoms with Crippen molar-refractivity contribution in [2.75, 3.05) is 0 Å². The van der Waals surface area contributed by atoms with Crippen molar-refractivity contribution >= 4 is 0 Å². The molecule has 1 atom stereocenters. The summed E-state index contributed by atoms with van der Waals surface area (Å²) in [5.41, 5.74) is 0. The van der Waals surface area contributed by atoms with Crippen LogP contribution >= 0.6 is 0 Å². The molecule has 17 heavy (non-hydrogen) atoms. The average molecular weight is 234 g/mol. The predicted octanol–water partition coefficient (Wildman–Crippen LogP) is 5.61. The Morgan fingerprint density at radius 1 is 1.18 bits per heavy atom. The lowest BCUT2D eigenvalue weighted by Gasteiger charge is -2.10. The molecule has 0 spiro atoms. The Kier molecular flexibility index (Phi) is 16.3. The molecule has 98 valence electrons. The molecule has 0 N–H and O–H groups in total. The van der Waals surface area contributed by atoms with Crippen molar-refractivity contribution in [3.05, 3.63) is 24.8 Å². The molecule has 0 fully saturated rings. The van der Waals surface area contributed by atoms with E-state index >= 15 is 0 Å². The SMILES string of the molecule is C#C/C=C/C=C.CCCC(C)CCCC(C)C. The topological polar surface area (TPSA) is 0 Å². The maximum atomic E-state index is 4.83. The van der Waals surface area contributed by atoms with Gasteiger partial charge in [-0.05, 0) is 17.9 Å². The van der Waals surface area contributed by atoms with Crippen LogP contribution in [0, 0.1) is 24.2 Å². The van der Waals surface area contributed by atoms with Gasteiger partial charge in [0.1, 0.15) is 0 Å². The average Bonchev–Trinajstić information content (AvgIpc) is 2.27. The van der Waals surface area contributed by atoms with Crippen LogP contribution in [0.25, 0.3) is 0 Å². The van der Waals surface area contributed by atoms with E-state index in [0.29, 0.717) is 0 Å². The van der Waals surface area contributed by atoms with Crippen LogP contribution in [0.2, 0.25) is 0 Å². The molecule has 0 rings (SSSR count). The fourth-order valence-electron chi connectivity index (χ4n) is 1.64.